The van der Waals surface area contributed by atoms with Crippen molar-refractivity contribution in [3.05, 3.63) is 93.0 Å². The van der Waals surface area contributed by atoms with E-state index in [-0.39, 0.29) is 35.1 Å². The van der Waals surface area contributed by atoms with Crippen molar-refractivity contribution < 1.29 is 33.1 Å². The number of allylic oxidation sites excluding steroid dienone is 1. The summed E-state index contributed by atoms with van der Waals surface area (Å²) in [5.74, 6) is -1.68. The van der Waals surface area contributed by atoms with Crippen LogP contribution in [0.3, 0.4) is 0 Å². The van der Waals surface area contributed by atoms with Crippen LogP contribution in [-0.4, -0.2) is 36.9 Å². The number of anilines is 2. The van der Waals surface area contributed by atoms with Crippen molar-refractivity contribution in [1.82, 2.24) is 5.32 Å². The number of amides is 3. The molecular formula is C30H27Cl2N3O7. The van der Waals surface area contributed by atoms with Crippen LogP contribution < -0.4 is 20.3 Å². The largest absolute Gasteiger partial charge is 0.494 e. The van der Waals surface area contributed by atoms with Crippen LogP contribution in [0.25, 0.3) is 6.08 Å². The Hall–Kier alpha value is -4.54. The molecule has 3 aromatic rings. The highest BCUT2D eigenvalue weighted by molar-refractivity contribution is 6.43. The fraction of sp³-hybridized carbons (Fsp3) is 0.200. The third kappa shape index (κ3) is 6.84. The van der Waals surface area contributed by atoms with Gasteiger partial charge in [-0.05, 0) is 81.4 Å². The molecule has 1 aliphatic heterocycles. The summed E-state index contributed by atoms with van der Waals surface area (Å²) in [5, 5.41) is 5.43. The summed E-state index contributed by atoms with van der Waals surface area (Å²) in [6.45, 7) is 5.73. The minimum Gasteiger partial charge on any atom is -0.494 e. The molecular weight excluding hydrogens is 585 g/mol. The summed E-state index contributed by atoms with van der Waals surface area (Å²) in [6, 6.07) is 14.5. The number of nitrogens with zero attached hydrogens (tertiary/aromatic N) is 1. The van der Waals surface area contributed by atoms with Crippen LogP contribution in [-0.2, 0) is 30.5 Å². The van der Waals surface area contributed by atoms with Gasteiger partial charge < -0.3 is 24.5 Å². The van der Waals surface area contributed by atoms with Gasteiger partial charge in [-0.2, -0.15) is 0 Å². The van der Waals surface area contributed by atoms with Crippen LogP contribution in [0.15, 0.2) is 75.9 Å². The number of halogens is 2. The molecule has 42 heavy (non-hydrogen) atoms. The monoisotopic (exact) mass is 611 g/mol. The first-order chi connectivity index (χ1) is 20.1. The molecule has 2 N–H and O–H groups in total. The molecule has 4 rings (SSSR count). The number of hydrogen-bond acceptors (Lipinski definition) is 7. The van der Waals surface area contributed by atoms with Gasteiger partial charge in [0.15, 0.2) is 0 Å². The SMILES string of the molecule is CCOC(=O)C1=C(C)N(c2ccc(OCC)cc2)C(=O)/C1=C/c1ccc(CNC(=O)C(=O)Nc2ccc(Cl)c(Cl)c2)o1. The van der Waals surface area contributed by atoms with Crippen LogP contribution in [0.5, 0.6) is 5.75 Å². The molecule has 0 saturated heterocycles. The molecule has 0 spiro atoms. The van der Waals surface area contributed by atoms with Crippen molar-refractivity contribution in [1.29, 1.82) is 0 Å². The zero-order valence-electron chi connectivity index (χ0n) is 23.0. The van der Waals surface area contributed by atoms with Crippen LogP contribution in [0, 0.1) is 0 Å². The van der Waals surface area contributed by atoms with Crippen LogP contribution >= 0.6 is 23.2 Å². The molecule has 0 radical (unpaired) electrons. The van der Waals surface area contributed by atoms with E-state index in [9.17, 15) is 19.2 Å². The molecule has 0 aliphatic carbocycles. The van der Waals surface area contributed by atoms with Gasteiger partial charge in [0, 0.05) is 17.1 Å². The molecule has 0 unspecified atom stereocenters. The number of esters is 1. The van der Waals surface area contributed by atoms with E-state index in [4.69, 9.17) is 37.1 Å². The Morgan fingerprint density at radius 1 is 0.952 bits per heavy atom. The van der Waals surface area contributed by atoms with Gasteiger partial charge in [0.1, 0.15) is 17.3 Å². The predicted molar refractivity (Wildman–Crippen MR) is 158 cm³/mol. The number of carbonyl (C=O) groups excluding carboxylic acids is 4. The van der Waals surface area contributed by atoms with Gasteiger partial charge in [-0.1, -0.05) is 23.2 Å². The third-order valence-corrected chi connectivity index (χ3v) is 6.80. The number of nitrogens with one attached hydrogen (secondary N) is 2. The van der Waals surface area contributed by atoms with Gasteiger partial charge in [-0.3, -0.25) is 19.3 Å². The minimum atomic E-state index is -0.909. The molecule has 1 aromatic heterocycles. The van der Waals surface area contributed by atoms with E-state index >= 15 is 0 Å². The lowest BCUT2D eigenvalue weighted by atomic mass is 10.1. The highest BCUT2D eigenvalue weighted by Gasteiger charge is 2.38. The summed E-state index contributed by atoms with van der Waals surface area (Å²) in [6.07, 6.45) is 1.44. The van der Waals surface area contributed by atoms with Crippen molar-refractivity contribution in [3.63, 3.8) is 0 Å². The van der Waals surface area contributed by atoms with Crippen LogP contribution in [0.4, 0.5) is 11.4 Å². The first kappa shape index (κ1) is 30.4. The molecule has 1 aliphatic rings. The topological polar surface area (TPSA) is 127 Å². The molecule has 0 atom stereocenters. The Balaban J connectivity index is 1.49. The molecule has 0 fully saturated rings. The summed E-state index contributed by atoms with van der Waals surface area (Å²) in [4.78, 5) is 52.4. The Morgan fingerprint density at radius 2 is 1.69 bits per heavy atom. The maximum Gasteiger partial charge on any atom is 0.340 e. The van der Waals surface area contributed by atoms with Crippen molar-refractivity contribution >= 4 is 64.3 Å². The van der Waals surface area contributed by atoms with Gasteiger partial charge in [0.05, 0.1) is 40.9 Å². The Labute approximate surface area is 251 Å². The molecule has 218 valence electrons. The van der Waals surface area contributed by atoms with Crippen LogP contribution in [0.1, 0.15) is 32.3 Å². The second-order valence-corrected chi connectivity index (χ2v) is 9.69. The van der Waals surface area contributed by atoms with Crippen molar-refractivity contribution in [2.75, 3.05) is 23.4 Å². The summed E-state index contributed by atoms with van der Waals surface area (Å²) in [7, 11) is 0. The number of benzene rings is 2. The Kier molecular flexibility index (Phi) is 9.72. The maximum atomic E-state index is 13.6. The number of carbonyl (C=O) groups is 4. The van der Waals surface area contributed by atoms with E-state index in [0.29, 0.717) is 40.2 Å². The summed E-state index contributed by atoms with van der Waals surface area (Å²) < 4.78 is 16.5. The van der Waals surface area contributed by atoms with Gasteiger partial charge in [-0.15, -0.1) is 0 Å². The van der Waals surface area contributed by atoms with Crippen molar-refractivity contribution in [3.8, 4) is 5.75 Å². The first-order valence-electron chi connectivity index (χ1n) is 12.9. The van der Waals surface area contributed by atoms with E-state index in [1.807, 2.05) is 6.92 Å². The number of hydrogen-bond donors (Lipinski definition) is 2. The minimum absolute atomic E-state index is 0.0887. The first-order valence-corrected chi connectivity index (χ1v) is 13.7. The average molecular weight is 612 g/mol. The molecule has 10 nitrogen and oxygen atoms in total. The fourth-order valence-electron chi connectivity index (χ4n) is 4.17. The molecule has 0 saturated carbocycles. The lowest BCUT2D eigenvalue weighted by Gasteiger charge is -2.18. The summed E-state index contributed by atoms with van der Waals surface area (Å²) in [5.41, 5.74) is 1.46. The molecule has 2 aromatic carbocycles. The maximum absolute atomic E-state index is 13.6. The van der Waals surface area contributed by atoms with E-state index in [1.54, 1.807) is 50.2 Å². The van der Waals surface area contributed by atoms with Gasteiger partial charge in [0.25, 0.3) is 5.91 Å². The van der Waals surface area contributed by atoms with Gasteiger partial charge in [-0.25, -0.2) is 4.79 Å². The van der Waals surface area contributed by atoms with Crippen molar-refractivity contribution in [2.45, 2.75) is 27.3 Å². The number of rotatable bonds is 9. The average Bonchev–Trinajstić information content (AvgIpc) is 3.51. The third-order valence-electron chi connectivity index (χ3n) is 6.06. The molecule has 3 amide bonds. The number of furan rings is 1. The molecule has 12 heteroatoms. The summed E-state index contributed by atoms with van der Waals surface area (Å²) >= 11 is 11.8. The Morgan fingerprint density at radius 3 is 2.36 bits per heavy atom. The van der Waals surface area contributed by atoms with Gasteiger partial charge >= 0.3 is 17.8 Å². The molecule has 2 heterocycles. The molecule has 0 bridgehead atoms. The number of ether oxygens (including phenoxy) is 2. The van der Waals surface area contributed by atoms with Crippen LogP contribution in [0.2, 0.25) is 10.0 Å². The van der Waals surface area contributed by atoms with E-state index < -0.39 is 23.7 Å². The standard InChI is InChI=1S/C30H27Cl2N3O7/c1-4-40-20-9-7-19(8-10-20)35-17(3)26(30(39)41-5-2)23(29(35)38)15-21-11-12-22(42-21)16-33-27(36)28(37)34-18-6-13-24(31)25(32)14-18/h6-15H,4-5,16H2,1-3H3,(H,33,36)(H,34,37)/b23-15+. The van der Waals surface area contributed by atoms with E-state index in [1.165, 1.54) is 29.2 Å². The lowest BCUT2D eigenvalue weighted by Crippen LogP contribution is -2.34. The van der Waals surface area contributed by atoms with E-state index in [0.717, 1.165) is 0 Å². The second kappa shape index (κ2) is 13.4. The predicted octanol–water partition coefficient (Wildman–Crippen LogP) is 5.51. The Bertz CT molecular complexity index is 1590. The zero-order chi connectivity index (χ0) is 30.4. The van der Waals surface area contributed by atoms with Crippen molar-refractivity contribution in [2.24, 2.45) is 0 Å². The normalized spacial score (nSPS) is 13.9. The zero-order valence-corrected chi connectivity index (χ0v) is 24.5. The fourth-order valence-corrected chi connectivity index (χ4v) is 4.47. The smallest absolute Gasteiger partial charge is 0.340 e. The highest BCUT2D eigenvalue weighted by atomic mass is 35.5. The van der Waals surface area contributed by atoms with E-state index in [2.05, 4.69) is 10.6 Å². The van der Waals surface area contributed by atoms with Gasteiger partial charge in [0.2, 0.25) is 0 Å². The quantitative estimate of drug-likeness (QED) is 0.185. The lowest BCUT2D eigenvalue weighted by molar-refractivity contribution is -0.138. The highest BCUT2D eigenvalue weighted by Crippen LogP contribution is 2.36. The second-order valence-electron chi connectivity index (χ2n) is 8.88.